The number of H-pyrrole nitrogens is 1. The normalized spacial score (nSPS) is 11.2. The van der Waals surface area contributed by atoms with E-state index < -0.39 is 10.0 Å². The topological polar surface area (TPSA) is 126 Å². The van der Waals surface area contributed by atoms with E-state index in [-0.39, 0.29) is 29.2 Å². The summed E-state index contributed by atoms with van der Waals surface area (Å²) in [6.45, 7) is -0.293. The van der Waals surface area contributed by atoms with Crippen molar-refractivity contribution >= 4 is 16.0 Å². The lowest BCUT2D eigenvalue weighted by Gasteiger charge is -2.08. The minimum Gasteiger partial charge on any atom is -0.481 e. The van der Waals surface area contributed by atoms with Gasteiger partial charge < -0.3 is 19.6 Å². The average molecular weight is 314 g/mol. The number of hydrogen-bond donors (Lipinski definition) is 3. The molecule has 0 radical (unpaired) electrons. The Morgan fingerprint density at radius 2 is 1.86 bits per heavy atom. The number of methoxy groups -OCH3 is 2. The van der Waals surface area contributed by atoms with Crippen molar-refractivity contribution in [1.29, 1.82) is 0 Å². The molecule has 0 fully saturated rings. The zero-order valence-electron chi connectivity index (χ0n) is 11.3. The third-order valence-electron chi connectivity index (χ3n) is 2.52. The van der Waals surface area contributed by atoms with E-state index in [4.69, 9.17) is 14.6 Å². The highest BCUT2D eigenvalue weighted by atomic mass is 32.2. The Kier molecular flexibility index (Phi) is 4.29. The van der Waals surface area contributed by atoms with E-state index in [0.29, 0.717) is 5.69 Å². The van der Waals surface area contributed by atoms with Crippen LogP contribution in [0, 0.1) is 0 Å². The molecule has 0 aliphatic rings. The zero-order chi connectivity index (χ0) is 15.5. The summed E-state index contributed by atoms with van der Waals surface area (Å²) >= 11 is 0. The molecule has 0 saturated carbocycles. The number of aliphatic hydroxyl groups is 1. The number of ether oxygens (including phenoxy) is 2. The molecule has 2 heterocycles. The van der Waals surface area contributed by atoms with E-state index in [1.165, 1.54) is 32.5 Å². The minimum absolute atomic E-state index is 0.0445. The Morgan fingerprint density at radius 1 is 1.24 bits per heavy atom. The number of hydrogen-bond acceptors (Lipinski definition) is 7. The van der Waals surface area contributed by atoms with Gasteiger partial charge in [-0.15, -0.1) is 0 Å². The predicted octanol–water partition coefficient (Wildman–Crippen LogP) is 0.115. The second-order valence-corrected chi connectivity index (χ2v) is 5.58. The first kappa shape index (κ1) is 15.1. The highest BCUT2D eigenvalue weighted by molar-refractivity contribution is 7.92. The maximum atomic E-state index is 12.2. The first-order chi connectivity index (χ1) is 9.98. The third-order valence-corrected chi connectivity index (χ3v) is 3.83. The van der Waals surface area contributed by atoms with Crippen molar-refractivity contribution in [2.24, 2.45) is 0 Å². The van der Waals surface area contributed by atoms with Crippen LogP contribution in [0.3, 0.4) is 0 Å². The summed E-state index contributed by atoms with van der Waals surface area (Å²) in [6.07, 6.45) is 1.26. The molecular weight excluding hydrogens is 300 g/mol. The minimum atomic E-state index is -3.88. The number of aromatic nitrogens is 3. The molecule has 0 amide bonds. The number of aromatic amines is 1. The number of anilines is 1. The van der Waals surface area contributed by atoms with Crippen molar-refractivity contribution in [3.05, 3.63) is 24.0 Å². The largest absolute Gasteiger partial charge is 0.481 e. The molecule has 0 aliphatic carbocycles. The predicted molar refractivity (Wildman–Crippen MR) is 72.7 cm³/mol. The van der Waals surface area contributed by atoms with Crippen LogP contribution in [0.5, 0.6) is 11.8 Å². The van der Waals surface area contributed by atoms with Crippen molar-refractivity contribution in [3.63, 3.8) is 0 Å². The molecule has 10 heteroatoms. The molecule has 114 valence electrons. The monoisotopic (exact) mass is 314 g/mol. The Morgan fingerprint density at radius 3 is 2.33 bits per heavy atom. The van der Waals surface area contributed by atoms with Gasteiger partial charge in [0.25, 0.3) is 10.0 Å². The van der Waals surface area contributed by atoms with Crippen LogP contribution >= 0.6 is 0 Å². The number of aliphatic hydroxyl groups excluding tert-OH is 1. The van der Waals surface area contributed by atoms with Crippen molar-refractivity contribution < 1.29 is 23.0 Å². The van der Waals surface area contributed by atoms with E-state index in [9.17, 15) is 8.42 Å². The molecule has 0 aliphatic heterocycles. The van der Waals surface area contributed by atoms with Gasteiger partial charge in [0.1, 0.15) is 4.90 Å². The molecule has 2 aromatic rings. The maximum Gasteiger partial charge on any atom is 0.265 e. The molecular formula is C11H14N4O5S. The van der Waals surface area contributed by atoms with E-state index in [2.05, 4.69) is 19.7 Å². The standard InChI is InChI=1S/C11H14N4O5S/c1-19-9-4-10(20-2)14-11(13-9)15-21(17,18)8-3-7(6-16)12-5-8/h3-5,12,16H,6H2,1-2H3,(H,13,14,15). The van der Waals surface area contributed by atoms with E-state index in [1.807, 2.05) is 0 Å². The first-order valence-electron chi connectivity index (χ1n) is 5.76. The van der Waals surface area contributed by atoms with Gasteiger partial charge in [-0.2, -0.15) is 9.97 Å². The van der Waals surface area contributed by atoms with Crippen LogP contribution in [-0.2, 0) is 16.6 Å². The smallest absolute Gasteiger partial charge is 0.265 e. The fourth-order valence-corrected chi connectivity index (χ4v) is 2.46. The van der Waals surface area contributed by atoms with Gasteiger partial charge in [-0.05, 0) is 6.07 Å². The quantitative estimate of drug-likeness (QED) is 0.691. The fourth-order valence-electron chi connectivity index (χ4n) is 1.50. The second kappa shape index (κ2) is 5.97. The average Bonchev–Trinajstić information content (AvgIpc) is 2.96. The first-order valence-corrected chi connectivity index (χ1v) is 7.25. The lowest BCUT2D eigenvalue weighted by molar-refractivity contribution is 0.277. The van der Waals surface area contributed by atoms with Gasteiger partial charge in [-0.3, -0.25) is 0 Å². The Bertz CT molecular complexity index is 706. The summed E-state index contributed by atoms with van der Waals surface area (Å²) < 4.78 is 36.4. The van der Waals surface area contributed by atoms with Gasteiger partial charge >= 0.3 is 0 Å². The Labute approximate surface area is 121 Å². The highest BCUT2D eigenvalue weighted by Crippen LogP contribution is 2.20. The lowest BCUT2D eigenvalue weighted by atomic mass is 10.5. The van der Waals surface area contributed by atoms with E-state index >= 15 is 0 Å². The highest BCUT2D eigenvalue weighted by Gasteiger charge is 2.18. The maximum absolute atomic E-state index is 12.2. The SMILES string of the molecule is COc1cc(OC)nc(NS(=O)(=O)c2c[nH]c(CO)c2)n1. The summed E-state index contributed by atoms with van der Waals surface area (Å²) in [4.78, 5) is 10.3. The summed E-state index contributed by atoms with van der Waals surface area (Å²) in [5.41, 5.74) is 0.375. The van der Waals surface area contributed by atoms with Gasteiger partial charge in [0.05, 0.1) is 26.9 Å². The van der Waals surface area contributed by atoms with E-state index in [0.717, 1.165) is 0 Å². The molecule has 9 nitrogen and oxygen atoms in total. The number of rotatable bonds is 6. The molecule has 0 spiro atoms. The van der Waals surface area contributed by atoms with Crippen molar-refractivity contribution in [2.45, 2.75) is 11.5 Å². The van der Waals surface area contributed by atoms with Gasteiger partial charge in [0.2, 0.25) is 17.7 Å². The molecule has 0 saturated heterocycles. The molecule has 2 aromatic heterocycles. The van der Waals surface area contributed by atoms with Crippen LogP contribution in [0.4, 0.5) is 5.95 Å². The van der Waals surface area contributed by atoms with Gasteiger partial charge in [0.15, 0.2) is 0 Å². The van der Waals surface area contributed by atoms with Gasteiger partial charge in [-0.25, -0.2) is 13.1 Å². The van der Waals surface area contributed by atoms with Crippen LogP contribution in [0.1, 0.15) is 5.69 Å². The summed E-state index contributed by atoms with van der Waals surface area (Å²) in [6, 6.07) is 2.72. The number of sulfonamides is 1. The lowest BCUT2D eigenvalue weighted by Crippen LogP contribution is -2.15. The second-order valence-electron chi connectivity index (χ2n) is 3.90. The molecule has 2 rings (SSSR count). The van der Waals surface area contributed by atoms with Gasteiger partial charge in [0, 0.05) is 11.9 Å². The fraction of sp³-hybridized carbons (Fsp3) is 0.273. The summed E-state index contributed by atoms with van der Waals surface area (Å²) in [5, 5.41) is 8.94. The Hall–Kier alpha value is -2.33. The molecule has 21 heavy (non-hydrogen) atoms. The number of nitrogens with zero attached hydrogens (tertiary/aromatic N) is 2. The van der Waals surface area contributed by atoms with Crippen LogP contribution in [0.2, 0.25) is 0 Å². The van der Waals surface area contributed by atoms with E-state index in [1.54, 1.807) is 0 Å². The molecule has 0 unspecified atom stereocenters. The van der Waals surface area contributed by atoms with Crippen molar-refractivity contribution in [2.75, 3.05) is 18.9 Å². The van der Waals surface area contributed by atoms with Crippen LogP contribution in [0.25, 0.3) is 0 Å². The molecule has 3 N–H and O–H groups in total. The van der Waals surface area contributed by atoms with Crippen molar-refractivity contribution in [3.8, 4) is 11.8 Å². The summed E-state index contributed by atoms with van der Waals surface area (Å²) in [7, 11) is -1.10. The van der Waals surface area contributed by atoms with Crippen molar-refractivity contribution in [1.82, 2.24) is 15.0 Å². The molecule has 0 atom stereocenters. The summed E-state index contributed by atoms with van der Waals surface area (Å²) in [5.74, 6) is 0.132. The third kappa shape index (κ3) is 3.41. The van der Waals surface area contributed by atoms with Crippen LogP contribution in [0.15, 0.2) is 23.2 Å². The van der Waals surface area contributed by atoms with Crippen LogP contribution in [-0.4, -0.2) is 42.7 Å². The number of nitrogens with one attached hydrogen (secondary N) is 2. The zero-order valence-corrected chi connectivity index (χ0v) is 12.1. The van der Waals surface area contributed by atoms with Crippen LogP contribution < -0.4 is 14.2 Å². The Balaban J connectivity index is 2.31. The molecule has 0 aromatic carbocycles. The molecule has 0 bridgehead atoms. The van der Waals surface area contributed by atoms with Gasteiger partial charge in [-0.1, -0.05) is 0 Å².